The molecule has 3 unspecified atom stereocenters. The van der Waals surface area contributed by atoms with Gasteiger partial charge in [-0.1, -0.05) is 30.3 Å². The lowest BCUT2D eigenvalue weighted by Gasteiger charge is -2.24. The molecule has 1 saturated heterocycles. The van der Waals surface area contributed by atoms with Crippen LogP contribution >= 0.6 is 0 Å². The van der Waals surface area contributed by atoms with Gasteiger partial charge >= 0.3 is 0 Å². The van der Waals surface area contributed by atoms with E-state index >= 15 is 0 Å². The van der Waals surface area contributed by atoms with Gasteiger partial charge in [-0.2, -0.15) is 4.80 Å². The van der Waals surface area contributed by atoms with E-state index in [-0.39, 0.29) is 11.9 Å². The van der Waals surface area contributed by atoms with Crippen molar-refractivity contribution in [1.82, 2.24) is 25.1 Å². The predicted molar refractivity (Wildman–Crippen MR) is 86.3 cm³/mol. The zero-order valence-corrected chi connectivity index (χ0v) is 13.5. The van der Waals surface area contributed by atoms with Gasteiger partial charge in [0.25, 0.3) is 0 Å². The van der Waals surface area contributed by atoms with Gasteiger partial charge in [0.15, 0.2) is 0 Å². The monoisotopic (exact) mass is 314 g/mol. The molecular formula is C16H22N6O. The van der Waals surface area contributed by atoms with Crippen LogP contribution in [0.1, 0.15) is 26.3 Å². The summed E-state index contributed by atoms with van der Waals surface area (Å²) in [6.45, 7) is 5.19. The van der Waals surface area contributed by atoms with Gasteiger partial charge in [0.1, 0.15) is 6.04 Å². The highest BCUT2D eigenvalue weighted by Crippen LogP contribution is 2.25. The van der Waals surface area contributed by atoms with Crippen molar-refractivity contribution < 1.29 is 4.79 Å². The number of tetrazole rings is 1. The Morgan fingerprint density at radius 1 is 1.39 bits per heavy atom. The fourth-order valence-corrected chi connectivity index (χ4v) is 3.05. The summed E-state index contributed by atoms with van der Waals surface area (Å²) >= 11 is 0. The molecule has 2 N–H and O–H groups in total. The summed E-state index contributed by atoms with van der Waals surface area (Å²) in [6.07, 6.45) is 0.953. The molecule has 2 heterocycles. The van der Waals surface area contributed by atoms with E-state index in [1.54, 1.807) is 6.92 Å². The molecule has 0 saturated carbocycles. The third-order valence-corrected chi connectivity index (χ3v) is 4.44. The van der Waals surface area contributed by atoms with E-state index in [2.05, 4.69) is 22.3 Å². The van der Waals surface area contributed by atoms with E-state index in [1.807, 2.05) is 35.2 Å². The minimum atomic E-state index is -0.473. The molecule has 23 heavy (non-hydrogen) atoms. The minimum Gasteiger partial charge on any atom is -0.338 e. The second kappa shape index (κ2) is 6.45. The number of hydrogen-bond donors (Lipinski definition) is 1. The molecule has 1 amide bonds. The number of carbonyl (C=O) groups excluding carboxylic acids is 1. The molecule has 3 atom stereocenters. The fourth-order valence-electron chi connectivity index (χ4n) is 3.05. The van der Waals surface area contributed by atoms with Crippen LogP contribution in [0.3, 0.4) is 0 Å². The molecule has 3 rings (SSSR count). The Bertz CT molecular complexity index is 670. The molecule has 0 radical (unpaired) electrons. The van der Waals surface area contributed by atoms with Crippen molar-refractivity contribution in [3.63, 3.8) is 0 Å². The molecular weight excluding hydrogens is 292 g/mol. The number of amides is 1. The average molecular weight is 314 g/mol. The van der Waals surface area contributed by atoms with Gasteiger partial charge in [0, 0.05) is 18.2 Å². The second-order valence-electron chi connectivity index (χ2n) is 6.15. The first-order valence-corrected chi connectivity index (χ1v) is 7.95. The highest BCUT2D eigenvalue weighted by atomic mass is 16.2. The molecule has 1 aromatic heterocycles. The first kappa shape index (κ1) is 15.6. The highest BCUT2D eigenvalue weighted by molar-refractivity contribution is 5.80. The van der Waals surface area contributed by atoms with Gasteiger partial charge in [-0.15, -0.1) is 10.2 Å². The van der Waals surface area contributed by atoms with Gasteiger partial charge in [0.2, 0.25) is 11.7 Å². The molecule has 0 spiro atoms. The van der Waals surface area contributed by atoms with Crippen LogP contribution in [0.2, 0.25) is 0 Å². The van der Waals surface area contributed by atoms with Gasteiger partial charge in [-0.05, 0) is 37.9 Å². The second-order valence-corrected chi connectivity index (χ2v) is 6.15. The summed E-state index contributed by atoms with van der Waals surface area (Å²) in [5.74, 6) is 0.926. The van der Waals surface area contributed by atoms with Crippen molar-refractivity contribution in [2.75, 3.05) is 13.1 Å². The van der Waals surface area contributed by atoms with Crippen LogP contribution in [0.25, 0.3) is 11.4 Å². The number of benzene rings is 1. The molecule has 2 aromatic rings. The zero-order chi connectivity index (χ0) is 16.4. The maximum absolute atomic E-state index is 12.7. The first-order valence-electron chi connectivity index (χ1n) is 7.95. The Labute approximate surface area is 135 Å². The van der Waals surface area contributed by atoms with Gasteiger partial charge in [-0.25, -0.2) is 0 Å². The van der Waals surface area contributed by atoms with Crippen LogP contribution in [0, 0.1) is 5.92 Å². The number of rotatable bonds is 4. The van der Waals surface area contributed by atoms with Crippen molar-refractivity contribution in [3.05, 3.63) is 30.3 Å². The van der Waals surface area contributed by atoms with Crippen LogP contribution in [0.15, 0.2) is 30.3 Å². The topological polar surface area (TPSA) is 89.9 Å². The summed E-state index contributed by atoms with van der Waals surface area (Å²) < 4.78 is 0. The predicted octanol–water partition coefficient (Wildman–Crippen LogP) is 1.10. The normalized spacial score (nSPS) is 22.3. The summed E-state index contributed by atoms with van der Waals surface area (Å²) in [4.78, 5) is 16.0. The van der Waals surface area contributed by atoms with Gasteiger partial charge in [-0.3, -0.25) is 4.79 Å². The summed E-state index contributed by atoms with van der Waals surface area (Å²) in [5.41, 5.74) is 6.62. The molecule has 122 valence electrons. The van der Waals surface area contributed by atoms with Crippen LogP contribution < -0.4 is 5.73 Å². The summed E-state index contributed by atoms with van der Waals surface area (Å²) in [7, 11) is 0. The lowest BCUT2D eigenvalue weighted by molar-refractivity contribution is -0.135. The summed E-state index contributed by atoms with van der Waals surface area (Å²) in [6, 6.07) is 9.34. The Morgan fingerprint density at radius 3 is 2.78 bits per heavy atom. The van der Waals surface area contributed by atoms with Crippen molar-refractivity contribution in [2.24, 2.45) is 11.7 Å². The molecule has 1 aromatic carbocycles. The molecule has 1 aliphatic heterocycles. The van der Waals surface area contributed by atoms with Crippen molar-refractivity contribution >= 4 is 5.91 Å². The molecule has 0 aliphatic carbocycles. The van der Waals surface area contributed by atoms with Crippen LogP contribution in [0.4, 0.5) is 0 Å². The third-order valence-electron chi connectivity index (χ3n) is 4.44. The highest BCUT2D eigenvalue weighted by Gasteiger charge is 2.35. The quantitative estimate of drug-likeness (QED) is 0.912. The molecule has 1 fully saturated rings. The standard InChI is InChI=1S/C16H22N6O/c1-11-8-13(9-17)10-21(11)16(23)12(2)22-19-15(18-20-22)14-6-4-3-5-7-14/h3-7,11-13H,8-10,17H2,1-2H3. The van der Waals surface area contributed by atoms with E-state index in [4.69, 9.17) is 5.73 Å². The van der Waals surface area contributed by atoms with Gasteiger partial charge < -0.3 is 10.6 Å². The Morgan fingerprint density at radius 2 is 2.13 bits per heavy atom. The van der Waals surface area contributed by atoms with Crippen molar-refractivity contribution in [2.45, 2.75) is 32.4 Å². The molecule has 1 aliphatic rings. The fraction of sp³-hybridized carbons (Fsp3) is 0.500. The van der Waals surface area contributed by atoms with E-state index < -0.39 is 6.04 Å². The van der Waals surface area contributed by atoms with E-state index in [9.17, 15) is 4.79 Å². The first-order chi connectivity index (χ1) is 11.1. The Kier molecular flexibility index (Phi) is 4.38. The lowest BCUT2D eigenvalue weighted by Crippen LogP contribution is -2.39. The van der Waals surface area contributed by atoms with E-state index in [0.717, 1.165) is 12.0 Å². The third kappa shape index (κ3) is 3.10. The van der Waals surface area contributed by atoms with Crippen molar-refractivity contribution in [3.8, 4) is 11.4 Å². The van der Waals surface area contributed by atoms with E-state index in [0.29, 0.717) is 24.8 Å². The molecule has 0 bridgehead atoms. The maximum atomic E-state index is 12.7. The number of carbonyl (C=O) groups is 1. The minimum absolute atomic E-state index is 0.0189. The smallest absolute Gasteiger partial charge is 0.249 e. The Hall–Kier alpha value is -2.28. The number of nitrogens with two attached hydrogens (primary N) is 1. The van der Waals surface area contributed by atoms with Gasteiger partial charge in [0.05, 0.1) is 0 Å². The number of aromatic nitrogens is 4. The average Bonchev–Trinajstić information content (AvgIpc) is 3.21. The number of nitrogens with zero attached hydrogens (tertiary/aromatic N) is 5. The maximum Gasteiger partial charge on any atom is 0.249 e. The SMILES string of the molecule is CC1CC(CN)CN1C(=O)C(C)n1nnc(-c2ccccc2)n1. The van der Waals surface area contributed by atoms with Crippen molar-refractivity contribution in [1.29, 1.82) is 0 Å². The van der Waals surface area contributed by atoms with Crippen LogP contribution in [0.5, 0.6) is 0 Å². The number of likely N-dealkylation sites (tertiary alicyclic amines) is 1. The summed E-state index contributed by atoms with van der Waals surface area (Å²) in [5, 5.41) is 12.5. The largest absolute Gasteiger partial charge is 0.338 e. The number of hydrogen-bond acceptors (Lipinski definition) is 5. The van der Waals surface area contributed by atoms with E-state index in [1.165, 1.54) is 4.80 Å². The lowest BCUT2D eigenvalue weighted by atomic mass is 10.1. The zero-order valence-electron chi connectivity index (χ0n) is 13.5. The molecule has 7 heteroatoms. The van der Waals surface area contributed by atoms with Crippen LogP contribution in [-0.2, 0) is 4.79 Å². The molecule has 7 nitrogen and oxygen atoms in total. The Balaban J connectivity index is 1.75. The van der Waals surface area contributed by atoms with Crippen LogP contribution in [-0.4, -0.2) is 50.1 Å².